The number of hydroxylamine groups is 2. The zero-order valence-electron chi connectivity index (χ0n) is 10.7. The number of nitrogens with one attached hydrogen (secondary N) is 1. The average Bonchev–Trinajstić information content (AvgIpc) is 2.37. The third-order valence-electron chi connectivity index (χ3n) is 3.13. The summed E-state index contributed by atoms with van der Waals surface area (Å²) in [5.74, 6) is -1.88. The first kappa shape index (κ1) is 14.9. The Hall–Kier alpha value is -1.48. The Kier molecular flexibility index (Phi) is 4.39. The number of nitrogens with zero attached hydrogens (tertiary/aromatic N) is 1. The molecule has 1 aromatic rings. The molecule has 1 aromatic carbocycles. The molecular weight excluding hydrogens is 375 g/mol. The van der Waals surface area contributed by atoms with Gasteiger partial charge in [0.1, 0.15) is 6.04 Å². The molecule has 2 rings (SSSR count). The monoisotopic (exact) mass is 387 g/mol. The predicted octanol–water partition coefficient (Wildman–Crippen LogP) is 1.34. The van der Waals surface area contributed by atoms with Gasteiger partial charge in [-0.3, -0.25) is 19.7 Å². The average molecular weight is 387 g/mol. The third kappa shape index (κ3) is 2.83. The highest BCUT2D eigenvalue weighted by Crippen LogP contribution is 2.21. The van der Waals surface area contributed by atoms with Gasteiger partial charge in [-0.2, -0.15) is 0 Å². The molecule has 0 bridgehead atoms. The summed E-state index contributed by atoms with van der Waals surface area (Å²) in [4.78, 5) is 34.9. The summed E-state index contributed by atoms with van der Waals surface area (Å²) < 4.78 is 0.653. The van der Waals surface area contributed by atoms with Crippen molar-refractivity contribution in [2.45, 2.75) is 25.8 Å². The van der Waals surface area contributed by atoms with E-state index in [0.717, 1.165) is 0 Å². The van der Waals surface area contributed by atoms with Gasteiger partial charge in [0.25, 0.3) is 0 Å². The van der Waals surface area contributed by atoms with Crippen LogP contribution < -0.4 is 5.32 Å². The van der Waals surface area contributed by atoms with Crippen molar-refractivity contribution in [3.8, 4) is 0 Å². The topological polar surface area (TPSA) is 89.5 Å². The number of aryl methyl sites for hydroxylation is 1. The number of benzene rings is 1. The van der Waals surface area contributed by atoms with Crippen LogP contribution in [0.2, 0.25) is 0 Å². The van der Waals surface area contributed by atoms with Crippen LogP contribution in [0.4, 0.5) is 0 Å². The number of halogens is 1. The number of amides is 3. The molecule has 3 amide bonds. The van der Waals surface area contributed by atoms with Crippen molar-refractivity contribution in [3.63, 3.8) is 0 Å². The zero-order valence-corrected chi connectivity index (χ0v) is 12.8. The molecule has 1 saturated heterocycles. The van der Waals surface area contributed by atoms with E-state index in [0.29, 0.717) is 14.7 Å². The van der Waals surface area contributed by atoms with Gasteiger partial charge in [0, 0.05) is 9.99 Å². The van der Waals surface area contributed by atoms with Crippen molar-refractivity contribution < 1.29 is 14.4 Å². The van der Waals surface area contributed by atoms with Gasteiger partial charge < -0.3 is 10.3 Å². The molecule has 0 radical (unpaired) electrons. The highest BCUT2D eigenvalue weighted by molar-refractivity contribution is 14.1. The molecular formula is C13H12IN2O4-. The fraction of sp³-hybridized carbons (Fsp3) is 0.308. The molecule has 1 fully saturated rings. The number of piperidine rings is 1. The first-order chi connectivity index (χ1) is 9.41. The largest absolute Gasteiger partial charge is 0.755 e. The van der Waals surface area contributed by atoms with Gasteiger partial charge in [0.2, 0.25) is 17.7 Å². The number of rotatable bonds is 2. The van der Waals surface area contributed by atoms with Crippen LogP contribution in [-0.2, 0) is 9.59 Å². The zero-order chi connectivity index (χ0) is 14.9. The minimum atomic E-state index is -1.14. The number of imide groups is 1. The fourth-order valence-corrected chi connectivity index (χ4v) is 2.92. The van der Waals surface area contributed by atoms with Crippen molar-refractivity contribution in [1.82, 2.24) is 10.4 Å². The SMILES string of the molecule is Cc1cccc(I)c1C(=O)N([O-])C1CCC(=O)NC1=O. The van der Waals surface area contributed by atoms with Crippen LogP contribution >= 0.6 is 22.6 Å². The first-order valence-electron chi connectivity index (χ1n) is 6.01. The molecule has 1 unspecified atom stereocenters. The van der Waals surface area contributed by atoms with Crippen LogP contribution in [0.1, 0.15) is 28.8 Å². The minimum Gasteiger partial charge on any atom is -0.755 e. The Balaban J connectivity index is 2.25. The van der Waals surface area contributed by atoms with E-state index in [9.17, 15) is 19.6 Å². The highest BCUT2D eigenvalue weighted by Gasteiger charge is 2.31. The van der Waals surface area contributed by atoms with Gasteiger partial charge in [0.15, 0.2) is 0 Å². The van der Waals surface area contributed by atoms with Gasteiger partial charge in [-0.1, -0.05) is 12.1 Å². The van der Waals surface area contributed by atoms with Crippen LogP contribution in [-0.4, -0.2) is 28.8 Å². The quantitative estimate of drug-likeness (QED) is 0.471. The summed E-state index contributed by atoms with van der Waals surface area (Å²) in [6.07, 6.45) is 0.121. The van der Waals surface area contributed by atoms with Gasteiger partial charge in [-0.05, 0) is 47.6 Å². The van der Waals surface area contributed by atoms with Crippen molar-refractivity contribution >= 4 is 40.3 Å². The molecule has 1 heterocycles. The Morgan fingerprint density at radius 2 is 2.15 bits per heavy atom. The maximum Gasteiger partial charge on any atom is 0.248 e. The van der Waals surface area contributed by atoms with E-state index < -0.39 is 23.8 Å². The molecule has 1 N–H and O–H groups in total. The second kappa shape index (κ2) is 5.88. The van der Waals surface area contributed by atoms with Gasteiger partial charge in [-0.25, -0.2) is 0 Å². The van der Waals surface area contributed by atoms with Crippen LogP contribution in [0, 0.1) is 15.7 Å². The lowest BCUT2D eigenvalue weighted by Gasteiger charge is -2.38. The van der Waals surface area contributed by atoms with E-state index in [1.165, 1.54) is 0 Å². The first-order valence-corrected chi connectivity index (χ1v) is 7.09. The number of hydrogen-bond acceptors (Lipinski definition) is 4. The third-order valence-corrected chi connectivity index (χ3v) is 4.03. The van der Waals surface area contributed by atoms with E-state index in [1.807, 2.05) is 22.6 Å². The van der Waals surface area contributed by atoms with E-state index in [2.05, 4.69) is 5.32 Å². The summed E-state index contributed by atoms with van der Waals surface area (Å²) in [5, 5.41) is 14.4. The molecule has 106 valence electrons. The minimum absolute atomic E-state index is 0.0579. The fourth-order valence-electron chi connectivity index (χ4n) is 2.06. The molecule has 0 saturated carbocycles. The molecule has 1 aliphatic rings. The second-order valence-electron chi connectivity index (χ2n) is 4.53. The summed E-state index contributed by atoms with van der Waals surface area (Å²) >= 11 is 1.97. The molecule has 0 spiro atoms. The number of carbonyl (C=O) groups is 3. The summed E-state index contributed by atoms with van der Waals surface area (Å²) in [6, 6.07) is 4.09. The predicted molar refractivity (Wildman–Crippen MR) is 79.6 cm³/mol. The highest BCUT2D eigenvalue weighted by atomic mass is 127. The second-order valence-corrected chi connectivity index (χ2v) is 5.69. The van der Waals surface area contributed by atoms with Crippen molar-refractivity contribution in [2.24, 2.45) is 0 Å². The van der Waals surface area contributed by atoms with Crippen LogP contribution in [0.25, 0.3) is 0 Å². The standard InChI is InChI=1S/C13H12IN2O4/c1-7-3-2-4-8(14)11(7)13(19)16(20)9-5-6-10(17)15-12(9)18/h2-4,9H,5-6H2,1H3,(H,15,17,18)/q-1. The molecule has 6 nitrogen and oxygen atoms in total. The lowest BCUT2D eigenvalue weighted by atomic mass is 10.0. The molecule has 7 heteroatoms. The summed E-state index contributed by atoms with van der Waals surface area (Å²) in [7, 11) is 0. The van der Waals surface area contributed by atoms with Crippen molar-refractivity contribution in [2.75, 3.05) is 0 Å². The Morgan fingerprint density at radius 3 is 2.75 bits per heavy atom. The van der Waals surface area contributed by atoms with Gasteiger partial charge in [-0.15, -0.1) is 0 Å². The molecule has 0 aromatic heterocycles. The normalized spacial score (nSPS) is 18.6. The smallest absolute Gasteiger partial charge is 0.248 e. The van der Waals surface area contributed by atoms with Crippen LogP contribution in [0.3, 0.4) is 0 Å². The van der Waals surface area contributed by atoms with E-state index in [4.69, 9.17) is 0 Å². The van der Waals surface area contributed by atoms with E-state index >= 15 is 0 Å². The summed E-state index contributed by atoms with van der Waals surface area (Å²) in [6.45, 7) is 1.73. The van der Waals surface area contributed by atoms with Crippen molar-refractivity contribution in [1.29, 1.82) is 0 Å². The Labute approximate surface area is 129 Å². The number of hydrogen-bond donors (Lipinski definition) is 1. The maximum absolute atomic E-state index is 12.3. The molecule has 1 aliphatic heterocycles. The van der Waals surface area contributed by atoms with Gasteiger partial charge >= 0.3 is 0 Å². The Morgan fingerprint density at radius 1 is 1.45 bits per heavy atom. The lowest BCUT2D eigenvalue weighted by Crippen LogP contribution is -2.52. The summed E-state index contributed by atoms with van der Waals surface area (Å²) in [5.41, 5.74) is 0.975. The van der Waals surface area contributed by atoms with E-state index in [-0.39, 0.29) is 17.9 Å². The molecule has 1 atom stereocenters. The lowest BCUT2D eigenvalue weighted by molar-refractivity contribution is -0.136. The maximum atomic E-state index is 12.3. The van der Waals surface area contributed by atoms with Crippen molar-refractivity contribution in [3.05, 3.63) is 38.1 Å². The van der Waals surface area contributed by atoms with E-state index in [1.54, 1.807) is 25.1 Å². The van der Waals surface area contributed by atoms with Crippen LogP contribution in [0.15, 0.2) is 18.2 Å². The molecule has 0 aliphatic carbocycles. The van der Waals surface area contributed by atoms with Gasteiger partial charge in [0.05, 0.1) is 5.56 Å². The Bertz CT molecular complexity index is 567. The van der Waals surface area contributed by atoms with Crippen LogP contribution in [0.5, 0.6) is 0 Å². The number of carbonyl (C=O) groups excluding carboxylic acids is 3. The molecule has 20 heavy (non-hydrogen) atoms.